The Labute approximate surface area is 120 Å². The molecule has 1 atom stereocenters. The van der Waals surface area contributed by atoms with Crippen molar-refractivity contribution < 1.29 is 8.78 Å². The highest BCUT2D eigenvalue weighted by atomic mass is 19.1. The zero-order chi connectivity index (χ0) is 15.0. The van der Waals surface area contributed by atoms with E-state index in [9.17, 15) is 8.78 Å². The van der Waals surface area contributed by atoms with Gasteiger partial charge in [-0.05, 0) is 25.0 Å². The molecule has 0 bridgehead atoms. The fourth-order valence-corrected chi connectivity index (χ4v) is 2.44. The average molecular weight is 284 g/mol. The van der Waals surface area contributed by atoms with Gasteiger partial charge in [-0.15, -0.1) is 0 Å². The first-order valence-corrected chi connectivity index (χ1v) is 7.52. The molecule has 0 saturated heterocycles. The van der Waals surface area contributed by atoms with Crippen molar-refractivity contribution in [2.45, 2.75) is 64.8 Å². The van der Waals surface area contributed by atoms with Crippen LogP contribution in [-0.2, 0) is 0 Å². The standard InChI is InChI=1S/C16H26F2N2/c1-3-4-5-6-7-8-9-14(20-19)15-13(17)11-10-12(2)16(15)18/h10-11,14,20H,3-9,19H2,1-2H3. The number of unbranched alkanes of at least 4 members (excludes halogenated alkanes) is 5. The van der Waals surface area contributed by atoms with E-state index in [1.54, 1.807) is 6.92 Å². The van der Waals surface area contributed by atoms with Crippen LogP contribution in [0.5, 0.6) is 0 Å². The van der Waals surface area contributed by atoms with Gasteiger partial charge in [-0.2, -0.15) is 0 Å². The molecule has 0 amide bonds. The first-order chi connectivity index (χ1) is 9.61. The number of hydrogen-bond acceptors (Lipinski definition) is 2. The Balaban J connectivity index is 2.56. The highest BCUT2D eigenvalue weighted by Crippen LogP contribution is 2.26. The number of nitrogens with one attached hydrogen (secondary N) is 1. The van der Waals surface area contributed by atoms with Gasteiger partial charge in [0.1, 0.15) is 11.6 Å². The summed E-state index contributed by atoms with van der Waals surface area (Å²) in [5, 5.41) is 0. The van der Waals surface area contributed by atoms with Gasteiger partial charge in [0.2, 0.25) is 0 Å². The van der Waals surface area contributed by atoms with Crippen molar-refractivity contribution in [2.75, 3.05) is 0 Å². The summed E-state index contributed by atoms with van der Waals surface area (Å²) in [6.45, 7) is 3.81. The average Bonchev–Trinajstić information content (AvgIpc) is 2.45. The number of hydrazine groups is 1. The van der Waals surface area contributed by atoms with Crippen molar-refractivity contribution in [3.63, 3.8) is 0 Å². The molecule has 1 rings (SSSR count). The number of halogens is 2. The number of benzene rings is 1. The minimum atomic E-state index is -0.526. The van der Waals surface area contributed by atoms with E-state index in [1.807, 2.05) is 0 Å². The van der Waals surface area contributed by atoms with Crippen molar-refractivity contribution in [3.05, 3.63) is 34.9 Å². The number of nitrogens with two attached hydrogens (primary N) is 1. The smallest absolute Gasteiger partial charge is 0.133 e. The normalized spacial score (nSPS) is 12.7. The van der Waals surface area contributed by atoms with E-state index in [0.717, 1.165) is 12.8 Å². The number of hydrogen-bond donors (Lipinski definition) is 2. The summed E-state index contributed by atoms with van der Waals surface area (Å²) < 4.78 is 27.8. The summed E-state index contributed by atoms with van der Waals surface area (Å²) in [5.74, 6) is 4.46. The van der Waals surface area contributed by atoms with Crippen LogP contribution >= 0.6 is 0 Å². The van der Waals surface area contributed by atoms with E-state index in [0.29, 0.717) is 12.0 Å². The molecule has 0 aromatic heterocycles. The molecule has 0 radical (unpaired) electrons. The summed E-state index contributed by atoms with van der Waals surface area (Å²) in [6, 6.07) is 2.30. The fourth-order valence-electron chi connectivity index (χ4n) is 2.44. The highest BCUT2D eigenvalue weighted by Gasteiger charge is 2.20. The van der Waals surface area contributed by atoms with Crippen molar-refractivity contribution in [2.24, 2.45) is 5.84 Å². The quantitative estimate of drug-likeness (QED) is 0.397. The number of rotatable bonds is 9. The second-order valence-corrected chi connectivity index (χ2v) is 5.37. The molecule has 20 heavy (non-hydrogen) atoms. The van der Waals surface area contributed by atoms with E-state index in [-0.39, 0.29) is 5.56 Å². The third-order valence-electron chi connectivity index (χ3n) is 3.72. The van der Waals surface area contributed by atoms with Crippen LogP contribution < -0.4 is 11.3 Å². The molecule has 1 aromatic carbocycles. The molecule has 4 heteroatoms. The van der Waals surface area contributed by atoms with Gasteiger partial charge in [-0.1, -0.05) is 51.5 Å². The van der Waals surface area contributed by atoms with Crippen molar-refractivity contribution >= 4 is 0 Å². The molecule has 0 fully saturated rings. The Morgan fingerprint density at radius 2 is 1.75 bits per heavy atom. The van der Waals surface area contributed by atoms with Gasteiger partial charge in [0.15, 0.2) is 0 Å². The van der Waals surface area contributed by atoms with Crippen LogP contribution in [0.2, 0.25) is 0 Å². The lowest BCUT2D eigenvalue weighted by molar-refractivity contribution is 0.433. The van der Waals surface area contributed by atoms with Gasteiger partial charge < -0.3 is 0 Å². The zero-order valence-electron chi connectivity index (χ0n) is 12.5. The Morgan fingerprint density at radius 3 is 2.40 bits per heavy atom. The topological polar surface area (TPSA) is 38.0 Å². The molecule has 0 spiro atoms. The molecule has 0 aliphatic heterocycles. The molecule has 0 aliphatic carbocycles. The first-order valence-electron chi connectivity index (χ1n) is 7.52. The number of aryl methyl sites for hydroxylation is 1. The van der Waals surface area contributed by atoms with Gasteiger partial charge in [0.05, 0.1) is 6.04 Å². The molecule has 0 aliphatic rings. The third kappa shape index (κ3) is 4.84. The SMILES string of the molecule is CCCCCCCCC(NN)c1c(F)ccc(C)c1F. The van der Waals surface area contributed by atoms with Gasteiger partial charge >= 0.3 is 0 Å². The second-order valence-electron chi connectivity index (χ2n) is 5.37. The summed E-state index contributed by atoms with van der Waals surface area (Å²) in [5.41, 5.74) is 3.07. The van der Waals surface area contributed by atoms with Crippen LogP contribution in [0.1, 0.15) is 69.0 Å². The second kappa shape index (κ2) is 9.03. The maximum absolute atomic E-state index is 14.0. The van der Waals surface area contributed by atoms with Gasteiger partial charge in [-0.3, -0.25) is 11.3 Å². The highest BCUT2D eigenvalue weighted by molar-refractivity contribution is 5.29. The molecule has 1 unspecified atom stereocenters. The zero-order valence-corrected chi connectivity index (χ0v) is 12.5. The summed E-state index contributed by atoms with van der Waals surface area (Å²) in [4.78, 5) is 0. The van der Waals surface area contributed by atoms with Crippen molar-refractivity contribution in [3.8, 4) is 0 Å². The van der Waals surface area contributed by atoms with Crippen LogP contribution in [0.3, 0.4) is 0 Å². The minimum Gasteiger partial charge on any atom is -0.271 e. The van der Waals surface area contributed by atoms with E-state index >= 15 is 0 Å². The lowest BCUT2D eigenvalue weighted by Gasteiger charge is -2.18. The monoisotopic (exact) mass is 284 g/mol. The van der Waals surface area contributed by atoms with Crippen molar-refractivity contribution in [1.82, 2.24) is 5.43 Å². The van der Waals surface area contributed by atoms with Gasteiger partial charge in [-0.25, -0.2) is 8.78 Å². The molecule has 114 valence electrons. The van der Waals surface area contributed by atoms with E-state index in [2.05, 4.69) is 12.3 Å². The van der Waals surface area contributed by atoms with Gasteiger partial charge in [0, 0.05) is 5.56 Å². The maximum atomic E-state index is 14.0. The molecule has 2 nitrogen and oxygen atoms in total. The molecule has 0 heterocycles. The Morgan fingerprint density at radius 1 is 1.10 bits per heavy atom. The summed E-state index contributed by atoms with van der Waals surface area (Å²) >= 11 is 0. The third-order valence-corrected chi connectivity index (χ3v) is 3.72. The molecule has 1 aromatic rings. The predicted octanol–water partition coefficient (Wildman–Crippen LogP) is 4.53. The lowest BCUT2D eigenvalue weighted by atomic mass is 9.97. The summed E-state index contributed by atoms with van der Waals surface area (Å²) in [7, 11) is 0. The molecule has 0 saturated carbocycles. The van der Waals surface area contributed by atoms with E-state index in [4.69, 9.17) is 5.84 Å². The van der Waals surface area contributed by atoms with Crippen LogP contribution in [0.15, 0.2) is 12.1 Å². The Bertz CT molecular complexity index is 408. The molecule has 3 N–H and O–H groups in total. The first kappa shape index (κ1) is 17.1. The van der Waals surface area contributed by atoms with Gasteiger partial charge in [0.25, 0.3) is 0 Å². The Hall–Kier alpha value is -1.00. The molecular weight excluding hydrogens is 258 g/mol. The lowest BCUT2D eigenvalue weighted by Crippen LogP contribution is -2.29. The molecular formula is C16H26F2N2. The van der Waals surface area contributed by atoms with Crippen molar-refractivity contribution in [1.29, 1.82) is 0 Å². The Kier molecular flexibility index (Phi) is 7.70. The fraction of sp³-hybridized carbons (Fsp3) is 0.625. The summed E-state index contributed by atoms with van der Waals surface area (Å²) in [6.07, 6.45) is 7.51. The van der Waals surface area contributed by atoms with E-state index in [1.165, 1.54) is 37.8 Å². The predicted molar refractivity (Wildman–Crippen MR) is 79.2 cm³/mol. The maximum Gasteiger partial charge on any atom is 0.133 e. The van der Waals surface area contributed by atoms with Crippen LogP contribution in [0.4, 0.5) is 8.78 Å². The van der Waals surface area contributed by atoms with Crippen LogP contribution in [0, 0.1) is 18.6 Å². The van der Waals surface area contributed by atoms with E-state index < -0.39 is 17.7 Å². The largest absolute Gasteiger partial charge is 0.271 e. The minimum absolute atomic E-state index is 0.0704. The van der Waals surface area contributed by atoms with Crippen LogP contribution in [-0.4, -0.2) is 0 Å². The van der Waals surface area contributed by atoms with Crippen LogP contribution in [0.25, 0.3) is 0 Å².